The summed E-state index contributed by atoms with van der Waals surface area (Å²) in [7, 11) is 1.56. The number of methoxy groups -OCH3 is 1. The summed E-state index contributed by atoms with van der Waals surface area (Å²) in [5, 5.41) is 4.52. The average Bonchev–Trinajstić information content (AvgIpc) is 3.20. The Morgan fingerprint density at radius 2 is 2.00 bits per heavy atom. The van der Waals surface area contributed by atoms with Crippen molar-refractivity contribution in [2.24, 2.45) is 0 Å². The normalized spacial score (nSPS) is 14.2. The Morgan fingerprint density at radius 3 is 2.67 bits per heavy atom. The van der Waals surface area contributed by atoms with Crippen molar-refractivity contribution in [3.05, 3.63) is 48.7 Å². The predicted molar refractivity (Wildman–Crippen MR) is 95.7 cm³/mol. The van der Waals surface area contributed by atoms with Crippen LogP contribution in [0.25, 0.3) is 17.1 Å². The number of nitrogens with zero attached hydrogens (tertiary/aromatic N) is 6. The van der Waals surface area contributed by atoms with E-state index in [0.717, 1.165) is 0 Å². The first-order valence-corrected chi connectivity index (χ1v) is 8.50. The standard InChI is InChI=1S/C18H18N6O3/c1-26-17-3-2-13(11-21-17)24-16(15-12-19-4-5-20-15)10-14(22-24)18(25)23-6-8-27-9-7-23/h2-5,10-12H,6-9H2,1H3. The molecule has 0 atom stereocenters. The Hall–Kier alpha value is -3.33. The van der Waals surface area contributed by atoms with E-state index in [4.69, 9.17) is 9.47 Å². The first-order chi connectivity index (χ1) is 13.3. The Kier molecular flexibility index (Phi) is 4.75. The lowest BCUT2D eigenvalue weighted by Crippen LogP contribution is -2.40. The van der Waals surface area contributed by atoms with Crippen molar-refractivity contribution >= 4 is 5.91 Å². The van der Waals surface area contributed by atoms with Crippen molar-refractivity contribution in [1.82, 2.24) is 29.6 Å². The van der Waals surface area contributed by atoms with Crippen LogP contribution in [0.15, 0.2) is 43.0 Å². The molecule has 0 N–H and O–H groups in total. The first-order valence-electron chi connectivity index (χ1n) is 8.50. The molecular formula is C18H18N6O3. The topological polar surface area (TPSA) is 95.3 Å². The fourth-order valence-electron chi connectivity index (χ4n) is 2.84. The Morgan fingerprint density at radius 1 is 1.15 bits per heavy atom. The van der Waals surface area contributed by atoms with Gasteiger partial charge in [-0.25, -0.2) is 9.67 Å². The zero-order chi connectivity index (χ0) is 18.6. The van der Waals surface area contributed by atoms with E-state index in [9.17, 15) is 4.79 Å². The minimum Gasteiger partial charge on any atom is -0.481 e. The van der Waals surface area contributed by atoms with Crippen LogP contribution in [0.2, 0.25) is 0 Å². The summed E-state index contributed by atoms with van der Waals surface area (Å²) in [6, 6.07) is 5.29. The number of carbonyl (C=O) groups excluding carboxylic acids is 1. The molecule has 1 fully saturated rings. The summed E-state index contributed by atoms with van der Waals surface area (Å²) in [4.78, 5) is 27.3. The number of pyridine rings is 1. The number of aromatic nitrogens is 5. The SMILES string of the molecule is COc1ccc(-n2nc(C(=O)N3CCOCC3)cc2-c2cnccn2)cn1. The molecule has 4 rings (SSSR count). The number of amides is 1. The molecule has 3 aromatic heterocycles. The van der Waals surface area contributed by atoms with Gasteiger partial charge >= 0.3 is 0 Å². The van der Waals surface area contributed by atoms with Crippen LogP contribution in [-0.2, 0) is 4.74 Å². The molecule has 0 bridgehead atoms. The molecule has 138 valence electrons. The highest BCUT2D eigenvalue weighted by Gasteiger charge is 2.23. The average molecular weight is 366 g/mol. The quantitative estimate of drug-likeness (QED) is 0.685. The van der Waals surface area contributed by atoms with Crippen molar-refractivity contribution in [3.8, 4) is 23.0 Å². The van der Waals surface area contributed by atoms with Gasteiger partial charge < -0.3 is 14.4 Å². The number of hydrogen-bond donors (Lipinski definition) is 0. The van der Waals surface area contributed by atoms with E-state index in [1.807, 2.05) is 6.07 Å². The molecule has 4 heterocycles. The summed E-state index contributed by atoms with van der Waals surface area (Å²) in [6.45, 7) is 2.17. The second-order valence-electron chi connectivity index (χ2n) is 5.88. The molecule has 1 aliphatic rings. The molecule has 9 heteroatoms. The van der Waals surface area contributed by atoms with Crippen molar-refractivity contribution in [2.45, 2.75) is 0 Å². The van der Waals surface area contributed by atoms with Crippen LogP contribution in [0, 0.1) is 0 Å². The van der Waals surface area contributed by atoms with Crippen LogP contribution in [-0.4, -0.2) is 69.0 Å². The van der Waals surface area contributed by atoms with E-state index < -0.39 is 0 Å². The summed E-state index contributed by atoms with van der Waals surface area (Å²) >= 11 is 0. The van der Waals surface area contributed by atoms with Crippen LogP contribution >= 0.6 is 0 Å². The van der Waals surface area contributed by atoms with Gasteiger partial charge in [0.25, 0.3) is 5.91 Å². The Labute approximate surface area is 155 Å². The number of morpholine rings is 1. The molecule has 1 amide bonds. The van der Waals surface area contributed by atoms with Gasteiger partial charge in [-0.2, -0.15) is 5.10 Å². The highest BCUT2D eigenvalue weighted by atomic mass is 16.5. The summed E-state index contributed by atoms with van der Waals surface area (Å²) in [5.41, 5.74) is 2.30. The number of carbonyl (C=O) groups is 1. The Bertz CT molecular complexity index is 920. The molecular weight excluding hydrogens is 348 g/mol. The molecule has 0 radical (unpaired) electrons. The van der Waals surface area contributed by atoms with Crippen molar-refractivity contribution in [1.29, 1.82) is 0 Å². The van der Waals surface area contributed by atoms with Gasteiger partial charge in [0.15, 0.2) is 5.69 Å². The van der Waals surface area contributed by atoms with E-state index in [-0.39, 0.29) is 5.91 Å². The maximum absolute atomic E-state index is 12.9. The molecule has 3 aromatic rings. The maximum atomic E-state index is 12.9. The third-order valence-electron chi connectivity index (χ3n) is 4.23. The van der Waals surface area contributed by atoms with Gasteiger partial charge in [-0.05, 0) is 12.1 Å². The van der Waals surface area contributed by atoms with Crippen LogP contribution in [0.5, 0.6) is 5.88 Å². The lowest BCUT2D eigenvalue weighted by Gasteiger charge is -2.25. The molecule has 1 saturated heterocycles. The summed E-state index contributed by atoms with van der Waals surface area (Å²) in [6.07, 6.45) is 6.46. The highest BCUT2D eigenvalue weighted by Crippen LogP contribution is 2.23. The molecule has 0 aromatic carbocycles. The molecule has 9 nitrogen and oxygen atoms in total. The van der Waals surface area contributed by atoms with Crippen LogP contribution in [0.1, 0.15) is 10.5 Å². The second-order valence-corrected chi connectivity index (χ2v) is 5.88. The van der Waals surface area contributed by atoms with E-state index >= 15 is 0 Å². The van der Waals surface area contributed by atoms with Crippen molar-refractivity contribution in [2.75, 3.05) is 33.4 Å². The van der Waals surface area contributed by atoms with Crippen LogP contribution in [0.4, 0.5) is 0 Å². The first kappa shape index (κ1) is 17.1. The molecule has 0 unspecified atom stereocenters. The van der Waals surface area contributed by atoms with E-state index in [2.05, 4.69) is 20.1 Å². The van der Waals surface area contributed by atoms with E-state index in [0.29, 0.717) is 55.0 Å². The van der Waals surface area contributed by atoms with Gasteiger partial charge in [0.05, 0.1) is 44.1 Å². The smallest absolute Gasteiger partial charge is 0.274 e. The minimum atomic E-state index is -0.135. The monoisotopic (exact) mass is 366 g/mol. The highest BCUT2D eigenvalue weighted by molar-refractivity contribution is 5.93. The largest absolute Gasteiger partial charge is 0.481 e. The fourth-order valence-corrected chi connectivity index (χ4v) is 2.84. The number of hydrogen-bond acceptors (Lipinski definition) is 7. The molecule has 1 aliphatic heterocycles. The number of rotatable bonds is 4. The molecule has 0 aliphatic carbocycles. The lowest BCUT2D eigenvalue weighted by molar-refractivity contribution is 0.0298. The van der Waals surface area contributed by atoms with Gasteiger partial charge in [0.1, 0.15) is 5.69 Å². The molecule has 27 heavy (non-hydrogen) atoms. The second kappa shape index (κ2) is 7.50. The summed E-state index contributed by atoms with van der Waals surface area (Å²) in [5.74, 6) is 0.361. The lowest BCUT2D eigenvalue weighted by atomic mass is 10.2. The van der Waals surface area contributed by atoms with Gasteiger partial charge in [-0.15, -0.1) is 0 Å². The third-order valence-corrected chi connectivity index (χ3v) is 4.23. The molecule has 0 saturated carbocycles. The zero-order valence-corrected chi connectivity index (χ0v) is 14.8. The minimum absolute atomic E-state index is 0.135. The maximum Gasteiger partial charge on any atom is 0.274 e. The summed E-state index contributed by atoms with van der Waals surface area (Å²) < 4.78 is 12.1. The van der Waals surface area contributed by atoms with E-state index in [1.54, 1.807) is 53.6 Å². The van der Waals surface area contributed by atoms with Gasteiger partial charge in [0.2, 0.25) is 5.88 Å². The van der Waals surface area contributed by atoms with Gasteiger partial charge in [-0.3, -0.25) is 14.8 Å². The van der Waals surface area contributed by atoms with Crippen LogP contribution < -0.4 is 4.74 Å². The van der Waals surface area contributed by atoms with Crippen molar-refractivity contribution in [3.63, 3.8) is 0 Å². The molecule has 0 spiro atoms. The zero-order valence-electron chi connectivity index (χ0n) is 14.8. The van der Waals surface area contributed by atoms with Crippen molar-refractivity contribution < 1.29 is 14.3 Å². The number of ether oxygens (including phenoxy) is 2. The van der Waals surface area contributed by atoms with E-state index in [1.165, 1.54) is 0 Å². The third kappa shape index (κ3) is 3.49. The predicted octanol–water partition coefficient (Wildman–Crippen LogP) is 1.21. The fraction of sp³-hybridized carbons (Fsp3) is 0.278. The van der Waals surface area contributed by atoms with Gasteiger partial charge in [-0.1, -0.05) is 0 Å². The van der Waals surface area contributed by atoms with Gasteiger partial charge in [0, 0.05) is 31.5 Å². The Balaban J connectivity index is 1.75. The van der Waals surface area contributed by atoms with Crippen LogP contribution in [0.3, 0.4) is 0 Å².